The van der Waals surface area contributed by atoms with Crippen LogP contribution < -0.4 is 4.74 Å². The van der Waals surface area contributed by atoms with Crippen LogP contribution >= 0.6 is 0 Å². The van der Waals surface area contributed by atoms with Crippen molar-refractivity contribution in [1.29, 1.82) is 0 Å². The number of ether oxygens (including phenoxy) is 1. The maximum absolute atomic E-state index is 13.5. The summed E-state index contributed by atoms with van der Waals surface area (Å²) in [4.78, 5) is 2.56. The van der Waals surface area contributed by atoms with Crippen LogP contribution in [0, 0.1) is 24.6 Å². The lowest BCUT2D eigenvalue weighted by Crippen LogP contribution is -2.36. The molecule has 0 amide bonds. The van der Waals surface area contributed by atoms with Crippen molar-refractivity contribution in [3.63, 3.8) is 0 Å². The molecule has 0 atom stereocenters. The summed E-state index contributed by atoms with van der Waals surface area (Å²) in [5, 5.41) is 0. The van der Waals surface area contributed by atoms with Gasteiger partial charge in [0.15, 0.2) is 0 Å². The number of halogens is 1. The molecule has 0 saturated carbocycles. The van der Waals surface area contributed by atoms with E-state index in [0.717, 1.165) is 5.92 Å². The predicted molar refractivity (Wildman–Crippen MR) is 85.3 cm³/mol. The van der Waals surface area contributed by atoms with Crippen LogP contribution in [0.2, 0.25) is 0 Å². The smallest absolute Gasteiger partial charge is 0.129 e. The van der Waals surface area contributed by atoms with E-state index in [9.17, 15) is 4.39 Å². The molecule has 21 heavy (non-hydrogen) atoms. The van der Waals surface area contributed by atoms with Crippen LogP contribution in [0.25, 0.3) is 0 Å². The Hall–Kier alpha value is -1.09. The van der Waals surface area contributed by atoms with Gasteiger partial charge in [-0.25, -0.2) is 4.39 Å². The van der Waals surface area contributed by atoms with E-state index in [2.05, 4.69) is 18.7 Å². The highest BCUT2D eigenvalue weighted by Gasteiger charge is 2.19. The normalized spacial score (nSPS) is 17.4. The second-order valence-corrected chi connectivity index (χ2v) is 6.69. The lowest BCUT2D eigenvalue weighted by Gasteiger charge is -2.32. The first kappa shape index (κ1) is 16.3. The van der Waals surface area contributed by atoms with Crippen molar-refractivity contribution in [2.75, 3.05) is 26.2 Å². The third-order valence-electron chi connectivity index (χ3n) is 4.36. The van der Waals surface area contributed by atoms with E-state index in [0.29, 0.717) is 23.8 Å². The molecule has 2 rings (SSSR count). The van der Waals surface area contributed by atoms with E-state index in [1.54, 1.807) is 13.0 Å². The fourth-order valence-electron chi connectivity index (χ4n) is 2.69. The average molecular weight is 293 g/mol. The summed E-state index contributed by atoms with van der Waals surface area (Å²) in [6.45, 7) is 10.6. The second-order valence-electron chi connectivity index (χ2n) is 6.69. The monoisotopic (exact) mass is 293 g/mol. The van der Waals surface area contributed by atoms with Gasteiger partial charge < -0.3 is 9.64 Å². The standard InChI is InChI=1S/C18H28FNO/c1-14(2)6-9-20-10-7-16(8-11-20)13-21-17-5-4-15(3)18(19)12-17/h4-5,12,14,16H,6-11,13H2,1-3H3. The minimum absolute atomic E-state index is 0.184. The van der Waals surface area contributed by atoms with Gasteiger partial charge in [-0.3, -0.25) is 0 Å². The maximum atomic E-state index is 13.5. The average Bonchev–Trinajstić information content (AvgIpc) is 2.47. The van der Waals surface area contributed by atoms with Crippen molar-refractivity contribution in [3.05, 3.63) is 29.6 Å². The molecule has 3 heteroatoms. The molecule has 1 aliphatic rings. The van der Waals surface area contributed by atoms with Gasteiger partial charge in [0.25, 0.3) is 0 Å². The van der Waals surface area contributed by atoms with Gasteiger partial charge in [0.2, 0.25) is 0 Å². The number of nitrogens with zero attached hydrogens (tertiary/aromatic N) is 1. The van der Waals surface area contributed by atoms with Crippen LogP contribution in [0.4, 0.5) is 4.39 Å². The number of hydrogen-bond donors (Lipinski definition) is 0. The van der Waals surface area contributed by atoms with Crippen molar-refractivity contribution in [3.8, 4) is 5.75 Å². The van der Waals surface area contributed by atoms with Gasteiger partial charge in [0.1, 0.15) is 11.6 Å². The number of piperidine rings is 1. The van der Waals surface area contributed by atoms with Crippen LogP contribution in [0.5, 0.6) is 5.75 Å². The molecular formula is C18H28FNO. The Kier molecular flexibility index (Phi) is 6.04. The molecule has 1 saturated heterocycles. The minimum atomic E-state index is -0.184. The Morgan fingerprint density at radius 1 is 1.29 bits per heavy atom. The van der Waals surface area contributed by atoms with Gasteiger partial charge in [-0.1, -0.05) is 19.9 Å². The van der Waals surface area contributed by atoms with Crippen molar-refractivity contribution in [2.45, 2.75) is 40.0 Å². The van der Waals surface area contributed by atoms with Crippen LogP contribution in [-0.4, -0.2) is 31.1 Å². The van der Waals surface area contributed by atoms with Gasteiger partial charge in [-0.15, -0.1) is 0 Å². The van der Waals surface area contributed by atoms with E-state index in [1.807, 2.05) is 6.07 Å². The molecule has 0 radical (unpaired) electrons. The summed E-state index contributed by atoms with van der Waals surface area (Å²) in [6, 6.07) is 5.13. The number of benzene rings is 1. The molecule has 0 N–H and O–H groups in total. The number of likely N-dealkylation sites (tertiary alicyclic amines) is 1. The first-order valence-corrected chi connectivity index (χ1v) is 8.16. The molecule has 0 unspecified atom stereocenters. The lowest BCUT2D eigenvalue weighted by molar-refractivity contribution is 0.137. The van der Waals surface area contributed by atoms with Crippen molar-refractivity contribution in [1.82, 2.24) is 4.90 Å². The highest BCUT2D eigenvalue weighted by atomic mass is 19.1. The van der Waals surface area contributed by atoms with Crippen LogP contribution in [0.3, 0.4) is 0 Å². The van der Waals surface area contributed by atoms with E-state index >= 15 is 0 Å². The second kappa shape index (κ2) is 7.79. The molecule has 1 fully saturated rings. The van der Waals surface area contributed by atoms with Crippen molar-refractivity contribution in [2.24, 2.45) is 11.8 Å². The van der Waals surface area contributed by atoms with E-state index in [1.165, 1.54) is 45.0 Å². The molecule has 0 bridgehead atoms. The molecule has 1 aromatic rings. The van der Waals surface area contributed by atoms with Crippen molar-refractivity contribution >= 4 is 0 Å². The van der Waals surface area contributed by atoms with E-state index in [-0.39, 0.29) is 5.82 Å². The minimum Gasteiger partial charge on any atom is -0.493 e. The lowest BCUT2D eigenvalue weighted by atomic mass is 9.97. The molecule has 0 aromatic heterocycles. The van der Waals surface area contributed by atoms with E-state index in [4.69, 9.17) is 4.74 Å². The van der Waals surface area contributed by atoms with Gasteiger partial charge in [-0.2, -0.15) is 0 Å². The quantitative estimate of drug-likeness (QED) is 0.776. The zero-order valence-electron chi connectivity index (χ0n) is 13.6. The van der Waals surface area contributed by atoms with Gasteiger partial charge in [0, 0.05) is 6.07 Å². The topological polar surface area (TPSA) is 12.5 Å². The Balaban J connectivity index is 1.70. The van der Waals surface area contributed by atoms with Gasteiger partial charge in [-0.05, 0) is 69.3 Å². The van der Waals surface area contributed by atoms with Crippen LogP contribution in [0.1, 0.15) is 38.7 Å². The Labute approximate surface area is 128 Å². The first-order chi connectivity index (χ1) is 10.0. The third kappa shape index (κ3) is 5.31. The molecule has 0 spiro atoms. The molecule has 1 aliphatic heterocycles. The van der Waals surface area contributed by atoms with E-state index < -0.39 is 0 Å². The highest BCUT2D eigenvalue weighted by molar-refractivity contribution is 5.27. The predicted octanol–water partition coefficient (Wildman–Crippen LogP) is 4.27. The Morgan fingerprint density at radius 2 is 2.00 bits per heavy atom. The SMILES string of the molecule is Cc1ccc(OCC2CCN(CCC(C)C)CC2)cc1F. The molecular weight excluding hydrogens is 265 g/mol. The van der Waals surface area contributed by atoms with Crippen LogP contribution in [-0.2, 0) is 0 Å². The zero-order valence-corrected chi connectivity index (χ0v) is 13.6. The summed E-state index contributed by atoms with van der Waals surface area (Å²) in [5.74, 6) is 1.85. The Morgan fingerprint density at radius 3 is 2.62 bits per heavy atom. The fraction of sp³-hybridized carbons (Fsp3) is 0.667. The molecule has 1 aromatic carbocycles. The third-order valence-corrected chi connectivity index (χ3v) is 4.36. The molecule has 0 aliphatic carbocycles. The summed E-state index contributed by atoms with van der Waals surface area (Å²) in [7, 11) is 0. The number of rotatable bonds is 6. The number of aryl methyl sites for hydroxylation is 1. The Bertz CT molecular complexity index is 439. The van der Waals surface area contributed by atoms with Gasteiger partial charge >= 0.3 is 0 Å². The fourth-order valence-corrected chi connectivity index (χ4v) is 2.69. The summed E-state index contributed by atoms with van der Waals surface area (Å²) >= 11 is 0. The summed E-state index contributed by atoms with van der Waals surface area (Å²) in [6.07, 6.45) is 3.66. The van der Waals surface area contributed by atoms with Gasteiger partial charge in [0.05, 0.1) is 6.61 Å². The number of hydrogen-bond acceptors (Lipinski definition) is 2. The van der Waals surface area contributed by atoms with Crippen molar-refractivity contribution < 1.29 is 9.13 Å². The largest absolute Gasteiger partial charge is 0.493 e. The highest BCUT2D eigenvalue weighted by Crippen LogP contribution is 2.21. The molecule has 118 valence electrons. The summed E-state index contributed by atoms with van der Waals surface area (Å²) < 4.78 is 19.2. The zero-order chi connectivity index (χ0) is 15.2. The maximum Gasteiger partial charge on any atom is 0.129 e. The van der Waals surface area contributed by atoms with Crippen LogP contribution in [0.15, 0.2) is 18.2 Å². The molecule has 1 heterocycles. The summed E-state index contributed by atoms with van der Waals surface area (Å²) in [5.41, 5.74) is 0.667. The first-order valence-electron chi connectivity index (χ1n) is 8.16. The molecule has 2 nitrogen and oxygen atoms in total.